The van der Waals surface area contributed by atoms with Crippen molar-refractivity contribution < 1.29 is 4.79 Å². The van der Waals surface area contributed by atoms with Crippen LogP contribution < -0.4 is 5.32 Å². The molecule has 0 unspecified atom stereocenters. The van der Waals surface area contributed by atoms with Crippen molar-refractivity contribution in [3.8, 4) is 0 Å². The van der Waals surface area contributed by atoms with Gasteiger partial charge in [0, 0.05) is 37.9 Å². The standard InChI is InChI=1S/C14H18N6O/c21-14(13-12-11(2-3-16-13)17-8-18-12)19-4-1-5-20-9-15-6-10(20)7-19/h6,8-9,13,16H,1-5,7H2,(H,17,18)/t13-/m1/s1. The molecule has 2 N–H and O–H groups in total. The number of carbonyl (C=O) groups excluding carboxylic acids is 1. The first-order valence-corrected chi connectivity index (χ1v) is 7.36. The van der Waals surface area contributed by atoms with Crippen molar-refractivity contribution in [2.75, 3.05) is 13.1 Å². The summed E-state index contributed by atoms with van der Waals surface area (Å²) in [5.74, 6) is 0.109. The highest BCUT2D eigenvalue weighted by molar-refractivity contribution is 5.83. The van der Waals surface area contributed by atoms with Crippen molar-refractivity contribution in [2.45, 2.75) is 32.0 Å². The molecule has 0 saturated heterocycles. The Bertz CT molecular complexity index is 660. The Morgan fingerprint density at radius 3 is 3.29 bits per heavy atom. The van der Waals surface area contributed by atoms with Crippen molar-refractivity contribution >= 4 is 5.91 Å². The van der Waals surface area contributed by atoms with E-state index in [0.29, 0.717) is 6.54 Å². The van der Waals surface area contributed by atoms with Crippen LogP contribution in [-0.4, -0.2) is 43.4 Å². The molecule has 2 aliphatic heterocycles. The largest absolute Gasteiger partial charge is 0.348 e. The van der Waals surface area contributed by atoms with Gasteiger partial charge in [-0.3, -0.25) is 4.79 Å². The summed E-state index contributed by atoms with van der Waals surface area (Å²) in [6, 6.07) is -0.325. The van der Waals surface area contributed by atoms with Crippen LogP contribution in [-0.2, 0) is 24.3 Å². The Morgan fingerprint density at radius 2 is 2.33 bits per heavy atom. The summed E-state index contributed by atoms with van der Waals surface area (Å²) in [4.78, 5) is 26.4. The predicted octanol–water partition coefficient (Wildman–Crippen LogP) is 0.225. The molecule has 0 spiro atoms. The number of amides is 1. The van der Waals surface area contributed by atoms with Gasteiger partial charge >= 0.3 is 0 Å². The lowest BCUT2D eigenvalue weighted by Gasteiger charge is -2.28. The zero-order valence-corrected chi connectivity index (χ0v) is 11.7. The number of hydrogen-bond donors (Lipinski definition) is 2. The number of carbonyl (C=O) groups is 1. The molecule has 4 rings (SSSR count). The third-order valence-corrected chi connectivity index (χ3v) is 4.29. The van der Waals surface area contributed by atoms with Crippen LogP contribution in [0.5, 0.6) is 0 Å². The highest BCUT2D eigenvalue weighted by Gasteiger charge is 2.32. The minimum atomic E-state index is -0.325. The molecule has 0 radical (unpaired) electrons. The Labute approximate surface area is 122 Å². The number of hydrogen-bond acceptors (Lipinski definition) is 4. The van der Waals surface area contributed by atoms with E-state index in [9.17, 15) is 4.79 Å². The van der Waals surface area contributed by atoms with Gasteiger partial charge in [-0.05, 0) is 6.42 Å². The Kier molecular flexibility index (Phi) is 2.99. The summed E-state index contributed by atoms with van der Waals surface area (Å²) < 4.78 is 2.13. The smallest absolute Gasteiger partial charge is 0.246 e. The second-order valence-electron chi connectivity index (χ2n) is 5.60. The summed E-state index contributed by atoms with van der Waals surface area (Å²) in [5.41, 5.74) is 3.02. The molecule has 4 heterocycles. The molecule has 0 aliphatic carbocycles. The minimum absolute atomic E-state index is 0.109. The van der Waals surface area contributed by atoms with E-state index >= 15 is 0 Å². The highest BCUT2D eigenvalue weighted by Crippen LogP contribution is 2.23. The summed E-state index contributed by atoms with van der Waals surface area (Å²) >= 11 is 0. The zero-order valence-electron chi connectivity index (χ0n) is 11.7. The maximum absolute atomic E-state index is 12.9. The number of aromatic nitrogens is 4. The van der Waals surface area contributed by atoms with Gasteiger partial charge in [0.25, 0.3) is 0 Å². The average Bonchev–Trinajstić information content (AvgIpc) is 3.11. The molecule has 7 nitrogen and oxygen atoms in total. The third-order valence-electron chi connectivity index (χ3n) is 4.29. The number of aromatic amines is 1. The van der Waals surface area contributed by atoms with E-state index in [1.54, 1.807) is 6.33 Å². The molecule has 0 bridgehead atoms. The van der Waals surface area contributed by atoms with Crippen LogP contribution in [0.2, 0.25) is 0 Å². The number of aryl methyl sites for hydroxylation is 1. The fourth-order valence-electron chi connectivity index (χ4n) is 3.18. The molecule has 2 aromatic heterocycles. The van der Waals surface area contributed by atoms with Crippen LogP contribution in [0.15, 0.2) is 18.9 Å². The number of nitrogens with one attached hydrogen (secondary N) is 2. The molecule has 0 fully saturated rings. The van der Waals surface area contributed by atoms with Gasteiger partial charge in [0.2, 0.25) is 5.91 Å². The van der Waals surface area contributed by atoms with Gasteiger partial charge < -0.3 is 19.8 Å². The predicted molar refractivity (Wildman–Crippen MR) is 75.3 cm³/mol. The SMILES string of the molecule is O=C([C@@H]1NCCc2[nH]cnc21)N1CCCn2cncc2C1. The van der Waals surface area contributed by atoms with E-state index in [-0.39, 0.29) is 11.9 Å². The topological polar surface area (TPSA) is 78.8 Å². The Morgan fingerprint density at radius 1 is 1.38 bits per heavy atom. The monoisotopic (exact) mass is 286 g/mol. The van der Waals surface area contributed by atoms with E-state index < -0.39 is 0 Å². The van der Waals surface area contributed by atoms with Gasteiger partial charge in [0.15, 0.2) is 0 Å². The van der Waals surface area contributed by atoms with Gasteiger partial charge in [0.1, 0.15) is 6.04 Å². The summed E-state index contributed by atoms with van der Waals surface area (Å²) in [6.45, 7) is 3.12. The first-order valence-electron chi connectivity index (χ1n) is 7.36. The van der Waals surface area contributed by atoms with E-state index in [1.165, 1.54) is 0 Å². The quantitative estimate of drug-likeness (QED) is 0.786. The first-order chi connectivity index (χ1) is 10.3. The van der Waals surface area contributed by atoms with Crippen molar-refractivity contribution in [1.82, 2.24) is 29.7 Å². The van der Waals surface area contributed by atoms with Crippen molar-refractivity contribution in [1.29, 1.82) is 0 Å². The maximum Gasteiger partial charge on any atom is 0.246 e. The van der Waals surface area contributed by atoms with Gasteiger partial charge in [0.05, 0.1) is 30.6 Å². The molecule has 1 amide bonds. The molecule has 0 saturated carbocycles. The molecule has 7 heteroatoms. The number of fused-ring (bicyclic) bond motifs is 2. The van der Waals surface area contributed by atoms with Crippen LogP contribution in [0.4, 0.5) is 0 Å². The number of rotatable bonds is 1. The zero-order chi connectivity index (χ0) is 14.2. The fourth-order valence-corrected chi connectivity index (χ4v) is 3.18. The molecule has 1 atom stereocenters. The summed E-state index contributed by atoms with van der Waals surface area (Å²) in [6.07, 6.45) is 7.21. The third kappa shape index (κ3) is 2.13. The summed E-state index contributed by atoms with van der Waals surface area (Å²) in [5, 5.41) is 3.30. The van der Waals surface area contributed by atoms with Gasteiger partial charge in [-0.1, -0.05) is 0 Å². The van der Waals surface area contributed by atoms with Crippen LogP contribution >= 0.6 is 0 Å². The van der Waals surface area contributed by atoms with E-state index in [4.69, 9.17) is 0 Å². The number of H-pyrrole nitrogens is 1. The number of nitrogens with zero attached hydrogens (tertiary/aromatic N) is 4. The molecule has 2 aromatic rings. The second-order valence-corrected chi connectivity index (χ2v) is 5.60. The normalized spacial score (nSPS) is 21.5. The van der Waals surface area contributed by atoms with Crippen molar-refractivity contribution in [2.24, 2.45) is 0 Å². The van der Waals surface area contributed by atoms with Gasteiger partial charge in [-0.15, -0.1) is 0 Å². The van der Waals surface area contributed by atoms with Crippen LogP contribution in [0.3, 0.4) is 0 Å². The van der Waals surface area contributed by atoms with Crippen LogP contribution in [0.25, 0.3) is 0 Å². The van der Waals surface area contributed by atoms with E-state index in [1.807, 2.05) is 17.4 Å². The molecule has 110 valence electrons. The lowest BCUT2D eigenvalue weighted by atomic mass is 10.0. The van der Waals surface area contributed by atoms with Gasteiger partial charge in [-0.2, -0.15) is 0 Å². The molecule has 2 aliphatic rings. The first kappa shape index (κ1) is 12.6. The second kappa shape index (κ2) is 5.00. The Balaban J connectivity index is 1.59. The molecule has 0 aromatic carbocycles. The van der Waals surface area contributed by atoms with E-state index in [2.05, 4.69) is 24.8 Å². The van der Waals surface area contributed by atoms with Crippen molar-refractivity contribution in [3.05, 3.63) is 35.9 Å². The average molecular weight is 286 g/mol. The fraction of sp³-hybridized carbons (Fsp3) is 0.500. The van der Waals surface area contributed by atoms with Crippen LogP contribution in [0.1, 0.15) is 29.5 Å². The summed E-state index contributed by atoms with van der Waals surface area (Å²) in [7, 11) is 0. The highest BCUT2D eigenvalue weighted by atomic mass is 16.2. The number of imidazole rings is 2. The lowest BCUT2D eigenvalue weighted by molar-refractivity contribution is -0.134. The molecular formula is C14H18N6O. The maximum atomic E-state index is 12.9. The minimum Gasteiger partial charge on any atom is -0.348 e. The van der Waals surface area contributed by atoms with Gasteiger partial charge in [-0.25, -0.2) is 9.97 Å². The molecular weight excluding hydrogens is 268 g/mol. The Hall–Kier alpha value is -2.15. The lowest BCUT2D eigenvalue weighted by Crippen LogP contribution is -2.43. The van der Waals surface area contributed by atoms with Crippen molar-refractivity contribution in [3.63, 3.8) is 0 Å². The molecule has 21 heavy (non-hydrogen) atoms. The van der Waals surface area contributed by atoms with Crippen LogP contribution in [0, 0.1) is 0 Å². The van der Waals surface area contributed by atoms with E-state index in [0.717, 1.165) is 49.6 Å².